The molecule has 5 rings (SSSR count). The van der Waals surface area contributed by atoms with E-state index in [1.807, 2.05) is 12.1 Å². The first-order valence-corrected chi connectivity index (χ1v) is 7.30. The third-order valence-electron chi connectivity index (χ3n) is 5.79. The second-order valence-corrected chi connectivity index (χ2v) is 7.55. The maximum atomic E-state index is 10.8. The lowest BCUT2D eigenvalue weighted by Gasteiger charge is -2.62. The van der Waals surface area contributed by atoms with Crippen LogP contribution in [0.15, 0.2) is 22.8 Å². The van der Waals surface area contributed by atoms with Crippen LogP contribution in [0.2, 0.25) is 0 Å². The average Bonchev–Trinajstić information content (AvgIpc) is 2.77. The van der Waals surface area contributed by atoms with E-state index < -0.39 is 6.10 Å². The number of aliphatic hydroxyl groups excluding tert-OH is 1. The van der Waals surface area contributed by atoms with Gasteiger partial charge in [-0.2, -0.15) is 0 Å². The summed E-state index contributed by atoms with van der Waals surface area (Å²) in [7, 11) is 0. The minimum absolute atomic E-state index is 0.108. The first kappa shape index (κ1) is 11.1. The van der Waals surface area contributed by atoms with Crippen molar-refractivity contribution in [1.29, 1.82) is 0 Å². The minimum atomic E-state index is -0.391. The Bertz CT molecular complexity index is 434. The van der Waals surface area contributed by atoms with Gasteiger partial charge < -0.3 is 9.52 Å². The average molecular weight is 246 g/mol. The van der Waals surface area contributed by atoms with Gasteiger partial charge in [-0.25, -0.2) is 0 Å². The van der Waals surface area contributed by atoms with Crippen LogP contribution in [0, 0.1) is 22.7 Å². The second-order valence-electron chi connectivity index (χ2n) is 7.55. The molecule has 1 aromatic heterocycles. The van der Waals surface area contributed by atoms with Crippen molar-refractivity contribution in [2.75, 3.05) is 0 Å². The summed E-state index contributed by atoms with van der Waals surface area (Å²) in [5.41, 5.74) is 0.592. The smallest absolute Gasteiger partial charge is 0.132 e. The largest absolute Gasteiger partial charge is 0.467 e. The summed E-state index contributed by atoms with van der Waals surface area (Å²) in [6.07, 6.45) is 9.07. The summed E-state index contributed by atoms with van der Waals surface area (Å²) < 4.78 is 5.47. The lowest BCUT2D eigenvalue weighted by Crippen LogP contribution is -2.53. The summed E-state index contributed by atoms with van der Waals surface area (Å²) in [5.74, 6) is 2.47. The lowest BCUT2D eigenvalue weighted by atomic mass is 9.43. The fourth-order valence-electron chi connectivity index (χ4n) is 5.87. The number of aliphatic hydroxyl groups is 1. The molecule has 4 bridgehead atoms. The van der Waals surface area contributed by atoms with Crippen LogP contribution < -0.4 is 0 Å². The van der Waals surface area contributed by atoms with Gasteiger partial charge in [0.15, 0.2) is 0 Å². The van der Waals surface area contributed by atoms with E-state index in [0.29, 0.717) is 5.41 Å². The molecule has 0 amide bonds. The standard InChI is InChI=1S/C16H22O2/c1-15-6-11-5-12(7-15)9-16(8-11,10-15)14(17)13-3-2-4-18-13/h2-4,11-12,14,17H,5-10H2,1H3. The quantitative estimate of drug-likeness (QED) is 0.858. The van der Waals surface area contributed by atoms with Gasteiger partial charge in [-0.05, 0) is 67.9 Å². The van der Waals surface area contributed by atoms with E-state index in [-0.39, 0.29) is 5.41 Å². The van der Waals surface area contributed by atoms with Crippen LogP contribution in [0.25, 0.3) is 0 Å². The number of rotatable bonds is 2. The highest BCUT2D eigenvalue weighted by molar-refractivity contribution is 5.14. The summed E-state index contributed by atoms with van der Waals surface area (Å²) in [6.45, 7) is 2.44. The molecule has 4 saturated carbocycles. The van der Waals surface area contributed by atoms with Crippen molar-refractivity contribution in [3.8, 4) is 0 Å². The monoisotopic (exact) mass is 246 g/mol. The zero-order valence-corrected chi connectivity index (χ0v) is 11.1. The SMILES string of the molecule is CC12CC3CC(C1)CC(C(O)c1ccco1)(C3)C2. The first-order chi connectivity index (χ1) is 8.59. The van der Waals surface area contributed by atoms with Crippen molar-refractivity contribution < 1.29 is 9.52 Å². The minimum Gasteiger partial charge on any atom is -0.467 e. The fraction of sp³-hybridized carbons (Fsp3) is 0.750. The van der Waals surface area contributed by atoms with Crippen LogP contribution in [-0.2, 0) is 0 Å². The molecule has 3 atom stereocenters. The van der Waals surface area contributed by atoms with Crippen molar-refractivity contribution >= 4 is 0 Å². The van der Waals surface area contributed by atoms with Gasteiger partial charge in [0.1, 0.15) is 11.9 Å². The highest BCUT2D eigenvalue weighted by atomic mass is 16.4. The van der Waals surface area contributed by atoms with Gasteiger partial charge in [-0.15, -0.1) is 0 Å². The van der Waals surface area contributed by atoms with Gasteiger partial charge in [0.05, 0.1) is 6.26 Å². The third-order valence-corrected chi connectivity index (χ3v) is 5.79. The molecule has 0 saturated heterocycles. The molecular formula is C16H22O2. The Balaban J connectivity index is 1.71. The fourth-order valence-corrected chi connectivity index (χ4v) is 5.87. The summed E-state index contributed by atoms with van der Waals surface area (Å²) in [5, 5.41) is 10.8. The third kappa shape index (κ3) is 1.45. The van der Waals surface area contributed by atoms with Gasteiger partial charge in [0.25, 0.3) is 0 Å². The van der Waals surface area contributed by atoms with Crippen molar-refractivity contribution in [2.24, 2.45) is 22.7 Å². The first-order valence-electron chi connectivity index (χ1n) is 7.30. The van der Waals surface area contributed by atoms with E-state index in [0.717, 1.165) is 17.6 Å². The van der Waals surface area contributed by atoms with E-state index >= 15 is 0 Å². The predicted octanol–water partition coefficient (Wildman–Crippen LogP) is 3.92. The van der Waals surface area contributed by atoms with E-state index in [1.54, 1.807) is 6.26 Å². The molecule has 0 aromatic carbocycles. The molecule has 0 radical (unpaired) electrons. The van der Waals surface area contributed by atoms with Crippen LogP contribution in [0.3, 0.4) is 0 Å². The van der Waals surface area contributed by atoms with Crippen molar-refractivity contribution in [3.05, 3.63) is 24.2 Å². The van der Waals surface area contributed by atoms with Crippen LogP contribution in [-0.4, -0.2) is 5.11 Å². The molecule has 0 aliphatic heterocycles. The molecule has 4 fully saturated rings. The van der Waals surface area contributed by atoms with E-state index in [1.165, 1.54) is 38.5 Å². The van der Waals surface area contributed by atoms with Crippen LogP contribution in [0.1, 0.15) is 57.3 Å². The molecule has 4 aliphatic carbocycles. The molecular weight excluding hydrogens is 224 g/mol. The van der Waals surface area contributed by atoms with E-state index in [2.05, 4.69) is 6.92 Å². The van der Waals surface area contributed by atoms with Gasteiger partial charge in [0.2, 0.25) is 0 Å². The molecule has 1 heterocycles. The highest BCUT2D eigenvalue weighted by Gasteiger charge is 2.58. The Morgan fingerprint density at radius 3 is 2.56 bits per heavy atom. The lowest BCUT2D eigenvalue weighted by molar-refractivity contribution is -0.159. The second kappa shape index (κ2) is 3.41. The normalized spacial score (nSPS) is 47.4. The molecule has 3 unspecified atom stereocenters. The van der Waals surface area contributed by atoms with Crippen molar-refractivity contribution in [3.63, 3.8) is 0 Å². The van der Waals surface area contributed by atoms with Crippen LogP contribution >= 0.6 is 0 Å². The molecule has 2 nitrogen and oxygen atoms in total. The Hall–Kier alpha value is -0.760. The Morgan fingerprint density at radius 2 is 2.00 bits per heavy atom. The number of hydrogen-bond acceptors (Lipinski definition) is 2. The molecule has 98 valence electrons. The molecule has 1 N–H and O–H groups in total. The zero-order valence-electron chi connectivity index (χ0n) is 11.1. The predicted molar refractivity (Wildman–Crippen MR) is 68.9 cm³/mol. The van der Waals surface area contributed by atoms with Crippen LogP contribution in [0.5, 0.6) is 0 Å². The van der Waals surface area contributed by atoms with Gasteiger partial charge in [-0.1, -0.05) is 6.92 Å². The Morgan fingerprint density at radius 1 is 1.28 bits per heavy atom. The maximum Gasteiger partial charge on any atom is 0.132 e. The van der Waals surface area contributed by atoms with Gasteiger partial charge in [0, 0.05) is 5.41 Å². The van der Waals surface area contributed by atoms with E-state index in [9.17, 15) is 5.11 Å². The number of hydrogen-bond donors (Lipinski definition) is 1. The zero-order chi connectivity index (χ0) is 12.4. The molecule has 18 heavy (non-hydrogen) atoms. The van der Waals surface area contributed by atoms with Crippen molar-refractivity contribution in [2.45, 2.75) is 51.6 Å². The summed E-state index contributed by atoms with van der Waals surface area (Å²) in [4.78, 5) is 0. The summed E-state index contributed by atoms with van der Waals surface area (Å²) >= 11 is 0. The summed E-state index contributed by atoms with van der Waals surface area (Å²) in [6, 6.07) is 3.83. The van der Waals surface area contributed by atoms with E-state index in [4.69, 9.17) is 4.42 Å². The van der Waals surface area contributed by atoms with Crippen molar-refractivity contribution in [1.82, 2.24) is 0 Å². The van der Waals surface area contributed by atoms with Gasteiger partial charge in [-0.3, -0.25) is 0 Å². The molecule has 2 heteroatoms. The highest BCUT2D eigenvalue weighted by Crippen LogP contribution is 2.68. The molecule has 0 spiro atoms. The Kier molecular flexibility index (Phi) is 2.10. The van der Waals surface area contributed by atoms with Crippen LogP contribution in [0.4, 0.5) is 0 Å². The maximum absolute atomic E-state index is 10.8. The van der Waals surface area contributed by atoms with Gasteiger partial charge >= 0.3 is 0 Å². The molecule has 1 aromatic rings. The molecule has 4 aliphatic rings. The number of furan rings is 1. The Labute approximate surface area is 108 Å². The topological polar surface area (TPSA) is 33.4 Å².